The van der Waals surface area contributed by atoms with Crippen molar-refractivity contribution in [1.29, 1.82) is 0 Å². The standard InChI is InChI=1S/C14H11F3O/c1-8-5-6-9(15)7-10(8)14(18)13-11(16)3-2-4-12(13)17/h2-7,14,18H,1H3. The normalized spacial score (nSPS) is 12.5. The van der Waals surface area contributed by atoms with Crippen LogP contribution in [0.15, 0.2) is 36.4 Å². The minimum Gasteiger partial charge on any atom is -0.383 e. The van der Waals surface area contributed by atoms with Gasteiger partial charge in [-0.3, -0.25) is 0 Å². The van der Waals surface area contributed by atoms with E-state index in [0.717, 1.165) is 18.2 Å². The molecule has 0 aliphatic rings. The van der Waals surface area contributed by atoms with Gasteiger partial charge in [0.2, 0.25) is 0 Å². The molecule has 0 aliphatic heterocycles. The van der Waals surface area contributed by atoms with Gasteiger partial charge in [-0.25, -0.2) is 13.2 Å². The average molecular weight is 252 g/mol. The Balaban J connectivity index is 2.54. The minimum atomic E-state index is -1.53. The van der Waals surface area contributed by atoms with Crippen molar-refractivity contribution >= 4 is 0 Å². The van der Waals surface area contributed by atoms with Gasteiger partial charge in [0.15, 0.2) is 0 Å². The summed E-state index contributed by atoms with van der Waals surface area (Å²) in [6, 6.07) is 7.06. The smallest absolute Gasteiger partial charge is 0.132 e. The average Bonchev–Trinajstić information content (AvgIpc) is 2.32. The van der Waals surface area contributed by atoms with Crippen molar-refractivity contribution < 1.29 is 18.3 Å². The van der Waals surface area contributed by atoms with Crippen LogP contribution in [0.1, 0.15) is 22.8 Å². The number of aliphatic hydroxyl groups is 1. The number of hydrogen-bond donors (Lipinski definition) is 1. The topological polar surface area (TPSA) is 20.2 Å². The Kier molecular flexibility index (Phi) is 3.39. The maximum atomic E-state index is 13.5. The second-order valence-electron chi connectivity index (χ2n) is 4.04. The molecular weight excluding hydrogens is 241 g/mol. The second-order valence-corrected chi connectivity index (χ2v) is 4.04. The van der Waals surface area contributed by atoms with E-state index >= 15 is 0 Å². The summed E-state index contributed by atoms with van der Waals surface area (Å²) in [6.07, 6.45) is -1.53. The van der Waals surface area contributed by atoms with Crippen LogP contribution in [0, 0.1) is 24.4 Å². The molecule has 0 saturated carbocycles. The summed E-state index contributed by atoms with van der Waals surface area (Å²) in [5.41, 5.74) is 0.247. The lowest BCUT2D eigenvalue weighted by Crippen LogP contribution is -2.07. The van der Waals surface area contributed by atoms with Gasteiger partial charge in [0.25, 0.3) is 0 Å². The highest BCUT2D eigenvalue weighted by Crippen LogP contribution is 2.29. The third kappa shape index (κ3) is 2.24. The predicted molar refractivity (Wildman–Crippen MR) is 61.6 cm³/mol. The molecule has 0 aliphatic carbocycles. The van der Waals surface area contributed by atoms with Crippen molar-refractivity contribution in [2.75, 3.05) is 0 Å². The Morgan fingerprint density at radius 1 is 1.00 bits per heavy atom. The van der Waals surface area contributed by atoms with Gasteiger partial charge in [0.05, 0.1) is 5.56 Å². The lowest BCUT2D eigenvalue weighted by Gasteiger charge is -2.15. The second kappa shape index (κ2) is 4.82. The van der Waals surface area contributed by atoms with Gasteiger partial charge in [-0.15, -0.1) is 0 Å². The Morgan fingerprint density at radius 2 is 1.61 bits per heavy atom. The van der Waals surface area contributed by atoms with Crippen LogP contribution in [0.4, 0.5) is 13.2 Å². The SMILES string of the molecule is Cc1ccc(F)cc1C(O)c1c(F)cccc1F. The Bertz CT molecular complexity index is 561. The summed E-state index contributed by atoms with van der Waals surface area (Å²) in [4.78, 5) is 0. The van der Waals surface area contributed by atoms with Crippen molar-refractivity contribution in [3.05, 3.63) is 70.5 Å². The van der Waals surface area contributed by atoms with Crippen LogP contribution in [0.25, 0.3) is 0 Å². The first kappa shape index (κ1) is 12.6. The molecule has 0 aromatic heterocycles. The lowest BCUT2D eigenvalue weighted by molar-refractivity contribution is 0.208. The first-order chi connectivity index (χ1) is 8.50. The third-order valence-corrected chi connectivity index (χ3v) is 2.81. The first-order valence-electron chi connectivity index (χ1n) is 5.38. The van der Waals surface area contributed by atoms with E-state index < -0.39 is 29.1 Å². The molecule has 2 rings (SSSR count). The number of halogens is 3. The zero-order chi connectivity index (χ0) is 13.3. The van der Waals surface area contributed by atoms with Crippen LogP contribution >= 0.6 is 0 Å². The van der Waals surface area contributed by atoms with E-state index in [-0.39, 0.29) is 5.56 Å². The Hall–Kier alpha value is -1.81. The fourth-order valence-electron chi connectivity index (χ4n) is 1.83. The summed E-state index contributed by atoms with van der Waals surface area (Å²) < 4.78 is 40.2. The number of aliphatic hydroxyl groups excluding tert-OH is 1. The van der Waals surface area contributed by atoms with Gasteiger partial charge in [-0.2, -0.15) is 0 Å². The molecule has 1 nitrogen and oxygen atoms in total. The Morgan fingerprint density at radius 3 is 2.22 bits per heavy atom. The molecule has 0 heterocycles. The molecule has 94 valence electrons. The molecule has 4 heteroatoms. The maximum Gasteiger partial charge on any atom is 0.132 e. The van der Waals surface area contributed by atoms with Crippen LogP contribution < -0.4 is 0 Å². The lowest BCUT2D eigenvalue weighted by atomic mass is 9.96. The van der Waals surface area contributed by atoms with Gasteiger partial charge in [0.1, 0.15) is 23.6 Å². The molecule has 0 radical (unpaired) electrons. The molecule has 0 amide bonds. The fourth-order valence-corrected chi connectivity index (χ4v) is 1.83. The van der Waals surface area contributed by atoms with E-state index in [1.165, 1.54) is 18.2 Å². The molecule has 0 spiro atoms. The number of rotatable bonds is 2. The van der Waals surface area contributed by atoms with Gasteiger partial charge >= 0.3 is 0 Å². The van der Waals surface area contributed by atoms with Crippen molar-refractivity contribution in [2.45, 2.75) is 13.0 Å². The molecule has 18 heavy (non-hydrogen) atoms. The van der Waals surface area contributed by atoms with Crippen molar-refractivity contribution in [1.82, 2.24) is 0 Å². The van der Waals surface area contributed by atoms with Crippen LogP contribution in [-0.4, -0.2) is 5.11 Å². The zero-order valence-corrected chi connectivity index (χ0v) is 9.62. The van der Waals surface area contributed by atoms with E-state index in [2.05, 4.69) is 0 Å². The number of aryl methyl sites for hydroxylation is 1. The largest absolute Gasteiger partial charge is 0.383 e. The predicted octanol–water partition coefficient (Wildman–Crippen LogP) is 3.49. The number of hydrogen-bond acceptors (Lipinski definition) is 1. The highest BCUT2D eigenvalue weighted by molar-refractivity contribution is 5.36. The molecule has 1 unspecified atom stereocenters. The zero-order valence-electron chi connectivity index (χ0n) is 9.62. The van der Waals surface area contributed by atoms with Crippen LogP contribution in [0.2, 0.25) is 0 Å². The molecule has 0 saturated heterocycles. The summed E-state index contributed by atoms with van der Waals surface area (Å²) >= 11 is 0. The molecular formula is C14H11F3O. The molecule has 1 atom stereocenters. The number of benzene rings is 2. The molecule has 0 fully saturated rings. The molecule has 2 aromatic rings. The van der Waals surface area contributed by atoms with E-state index in [1.807, 2.05) is 0 Å². The van der Waals surface area contributed by atoms with Gasteiger partial charge < -0.3 is 5.11 Å². The quantitative estimate of drug-likeness (QED) is 0.867. The first-order valence-corrected chi connectivity index (χ1v) is 5.38. The summed E-state index contributed by atoms with van der Waals surface area (Å²) in [5, 5.41) is 10.0. The van der Waals surface area contributed by atoms with Gasteiger partial charge in [0, 0.05) is 0 Å². The maximum absolute atomic E-state index is 13.5. The monoisotopic (exact) mass is 252 g/mol. The molecule has 2 aromatic carbocycles. The minimum absolute atomic E-state index is 0.152. The van der Waals surface area contributed by atoms with E-state index in [0.29, 0.717) is 5.56 Å². The van der Waals surface area contributed by atoms with Crippen molar-refractivity contribution in [3.8, 4) is 0 Å². The van der Waals surface area contributed by atoms with Crippen LogP contribution in [0.5, 0.6) is 0 Å². The summed E-state index contributed by atoms with van der Waals surface area (Å²) in [5.74, 6) is -2.27. The highest BCUT2D eigenvalue weighted by Gasteiger charge is 2.21. The molecule has 1 N–H and O–H groups in total. The van der Waals surface area contributed by atoms with Crippen LogP contribution in [-0.2, 0) is 0 Å². The van der Waals surface area contributed by atoms with Gasteiger partial charge in [-0.05, 0) is 42.3 Å². The molecule has 0 bridgehead atoms. The van der Waals surface area contributed by atoms with Gasteiger partial charge in [-0.1, -0.05) is 12.1 Å². The highest BCUT2D eigenvalue weighted by atomic mass is 19.1. The van der Waals surface area contributed by atoms with Crippen molar-refractivity contribution in [2.24, 2.45) is 0 Å². The van der Waals surface area contributed by atoms with E-state index in [9.17, 15) is 18.3 Å². The van der Waals surface area contributed by atoms with E-state index in [1.54, 1.807) is 6.92 Å². The summed E-state index contributed by atoms with van der Waals surface area (Å²) in [6.45, 7) is 1.64. The fraction of sp³-hybridized carbons (Fsp3) is 0.143. The summed E-state index contributed by atoms with van der Waals surface area (Å²) in [7, 11) is 0. The third-order valence-electron chi connectivity index (χ3n) is 2.81. The van der Waals surface area contributed by atoms with E-state index in [4.69, 9.17) is 0 Å². The van der Waals surface area contributed by atoms with Crippen LogP contribution in [0.3, 0.4) is 0 Å². The Labute approximate surface area is 103 Å². The van der Waals surface area contributed by atoms with Crippen molar-refractivity contribution in [3.63, 3.8) is 0 Å².